The van der Waals surface area contributed by atoms with Gasteiger partial charge >= 0.3 is 5.97 Å². The van der Waals surface area contributed by atoms with Crippen molar-refractivity contribution in [1.29, 1.82) is 0 Å². The first kappa shape index (κ1) is 17.6. The Hall–Kier alpha value is -2.22. The van der Waals surface area contributed by atoms with Gasteiger partial charge in [0.1, 0.15) is 9.88 Å². The summed E-state index contributed by atoms with van der Waals surface area (Å²) >= 11 is 8.68. The highest BCUT2D eigenvalue weighted by Crippen LogP contribution is 2.35. The van der Waals surface area contributed by atoms with Crippen molar-refractivity contribution in [1.82, 2.24) is 4.98 Å². The average Bonchev–Trinajstić information content (AvgIpc) is 3.20. The molecule has 128 valence electrons. The molecule has 0 bridgehead atoms. The molecule has 0 atom stereocenters. The average molecular weight is 393 g/mol. The number of anilines is 1. The molecule has 0 unspecified atom stereocenters. The lowest BCUT2D eigenvalue weighted by molar-refractivity contribution is 0.0600. The molecule has 0 aliphatic rings. The Morgan fingerprint density at radius 2 is 2.00 bits per heavy atom. The summed E-state index contributed by atoms with van der Waals surface area (Å²) in [5.41, 5.74) is 1.53. The van der Waals surface area contributed by atoms with Gasteiger partial charge in [-0.05, 0) is 37.3 Å². The van der Waals surface area contributed by atoms with Crippen LogP contribution < -0.4 is 5.32 Å². The van der Waals surface area contributed by atoms with Gasteiger partial charge in [-0.3, -0.25) is 4.79 Å². The van der Waals surface area contributed by atoms with Gasteiger partial charge in [0.2, 0.25) is 0 Å². The van der Waals surface area contributed by atoms with Gasteiger partial charge in [0, 0.05) is 5.69 Å². The van der Waals surface area contributed by atoms with Crippen LogP contribution in [0.2, 0.25) is 4.34 Å². The molecular formula is C17H13ClN2O3S2. The highest BCUT2D eigenvalue weighted by Gasteiger charge is 2.18. The van der Waals surface area contributed by atoms with E-state index in [4.69, 9.17) is 11.6 Å². The minimum Gasteiger partial charge on any atom is -0.465 e. The monoisotopic (exact) mass is 392 g/mol. The van der Waals surface area contributed by atoms with Crippen molar-refractivity contribution in [3.8, 4) is 9.88 Å². The molecule has 3 rings (SSSR count). The lowest BCUT2D eigenvalue weighted by Gasteiger charge is -2.06. The van der Waals surface area contributed by atoms with Gasteiger partial charge in [-0.1, -0.05) is 17.7 Å². The number of ether oxygens (including phenoxy) is 1. The molecule has 0 spiro atoms. The Labute approximate surface area is 157 Å². The van der Waals surface area contributed by atoms with Crippen LogP contribution in [0.4, 0.5) is 5.69 Å². The highest BCUT2D eigenvalue weighted by molar-refractivity contribution is 7.24. The first-order valence-electron chi connectivity index (χ1n) is 7.21. The number of aryl methyl sites for hydroxylation is 1. The number of hydrogen-bond donors (Lipinski definition) is 1. The molecule has 1 amide bonds. The molecule has 2 aromatic heterocycles. The van der Waals surface area contributed by atoms with E-state index in [1.165, 1.54) is 29.8 Å². The predicted octanol–water partition coefficient (Wildman–Crippen LogP) is 4.87. The fourth-order valence-electron chi connectivity index (χ4n) is 2.17. The quantitative estimate of drug-likeness (QED) is 0.643. The normalized spacial score (nSPS) is 10.5. The molecular weight excluding hydrogens is 380 g/mol. The minimum absolute atomic E-state index is 0.272. The smallest absolute Gasteiger partial charge is 0.337 e. The Bertz CT molecular complexity index is 949. The topological polar surface area (TPSA) is 68.3 Å². The zero-order valence-corrected chi connectivity index (χ0v) is 15.7. The van der Waals surface area contributed by atoms with Gasteiger partial charge in [0.25, 0.3) is 5.91 Å². The summed E-state index contributed by atoms with van der Waals surface area (Å²) in [7, 11) is 1.31. The number of methoxy groups -OCH3 is 1. The SMILES string of the molecule is COC(=O)c1cccc(NC(=O)c2sc(-c3ccc(Cl)s3)nc2C)c1. The Morgan fingerprint density at radius 3 is 2.68 bits per heavy atom. The molecule has 0 aliphatic carbocycles. The molecule has 5 nitrogen and oxygen atoms in total. The Balaban J connectivity index is 1.82. The first-order chi connectivity index (χ1) is 12.0. The Kier molecular flexibility index (Phi) is 5.17. The number of nitrogens with zero attached hydrogens (tertiary/aromatic N) is 1. The number of rotatable bonds is 4. The van der Waals surface area contributed by atoms with Crippen molar-refractivity contribution < 1.29 is 14.3 Å². The second-order valence-electron chi connectivity index (χ2n) is 5.06. The van der Waals surface area contributed by atoms with Crippen molar-refractivity contribution in [3.05, 3.63) is 56.9 Å². The molecule has 2 heterocycles. The van der Waals surface area contributed by atoms with Crippen molar-refractivity contribution in [2.75, 3.05) is 12.4 Å². The number of aromatic nitrogens is 1. The molecule has 25 heavy (non-hydrogen) atoms. The summed E-state index contributed by atoms with van der Waals surface area (Å²) in [5, 5.41) is 3.54. The molecule has 0 fully saturated rings. The van der Waals surface area contributed by atoms with Crippen LogP contribution in [0.1, 0.15) is 25.7 Å². The van der Waals surface area contributed by atoms with E-state index in [0.717, 1.165) is 9.88 Å². The predicted molar refractivity (Wildman–Crippen MR) is 101 cm³/mol. The number of nitrogens with one attached hydrogen (secondary N) is 1. The fraction of sp³-hybridized carbons (Fsp3) is 0.118. The van der Waals surface area contributed by atoms with Crippen LogP contribution in [0, 0.1) is 6.92 Å². The molecule has 0 aliphatic heterocycles. The third-order valence-corrected chi connectivity index (χ3v) is 5.88. The van der Waals surface area contributed by atoms with Crippen molar-refractivity contribution in [3.63, 3.8) is 0 Å². The molecule has 0 saturated heterocycles. The van der Waals surface area contributed by atoms with E-state index in [9.17, 15) is 9.59 Å². The summed E-state index contributed by atoms with van der Waals surface area (Å²) in [6, 6.07) is 10.3. The highest BCUT2D eigenvalue weighted by atomic mass is 35.5. The van der Waals surface area contributed by atoms with E-state index in [-0.39, 0.29) is 5.91 Å². The van der Waals surface area contributed by atoms with Gasteiger partial charge in [-0.25, -0.2) is 9.78 Å². The van der Waals surface area contributed by atoms with Crippen LogP contribution >= 0.6 is 34.3 Å². The third-order valence-electron chi connectivity index (χ3n) is 3.33. The van der Waals surface area contributed by atoms with Crippen molar-refractivity contribution in [2.24, 2.45) is 0 Å². The molecule has 1 aromatic carbocycles. The largest absolute Gasteiger partial charge is 0.465 e. The van der Waals surface area contributed by atoms with E-state index in [1.807, 2.05) is 6.07 Å². The number of esters is 1. The van der Waals surface area contributed by atoms with Gasteiger partial charge < -0.3 is 10.1 Å². The van der Waals surface area contributed by atoms with E-state index < -0.39 is 5.97 Å². The number of hydrogen-bond acceptors (Lipinski definition) is 6. The third kappa shape index (κ3) is 3.89. The van der Waals surface area contributed by atoms with E-state index >= 15 is 0 Å². The first-order valence-corrected chi connectivity index (χ1v) is 9.22. The standard InChI is InChI=1S/C17H13ClN2O3S2/c1-9-14(25-16(19-9)12-6-7-13(18)24-12)15(21)20-11-5-3-4-10(8-11)17(22)23-2/h3-8H,1-2H3,(H,20,21). The number of carbonyl (C=O) groups is 2. The summed E-state index contributed by atoms with van der Waals surface area (Å²) in [5.74, 6) is -0.729. The summed E-state index contributed by atoms with van der Waals surface area (Å²) in [4.78, 5) is 30.0. The van der Waals surface area contributed by atoms with Crippen LogP contribution in [0.5, 0.6) is 0 Å². The van der Waals surface area contributed by atoms with Crippen LogP contribution in [-0.4, -0.2) is 24.0 Å². The zero-order chi connectivity index (χ0) is 18.0. The van der Waals surface area contributed by atoms with Gasteiger partial charge in [-0.15, -0.1) is 22.7 Å². The number of thiazole rings is 1. The maximum atomic E-state index is 12.6. The summed E-state index contributed by atoms with van der Waals surface area (Å²) in [6.45, 7) is 1.79. The minimum atomic E-state index is -0.457. The summed E-state index contributed by atoms with van der Waals surface area (Å²) < 4.78 is 5.36. The zero-order valence-electron chi connectivity index (χ0n) is 13.3. The maximum Gasteiger partial charge on any atom is 0.337 e. The molecule has 0 radical (unpaired) electrons. The van der Waals surface area contributed by atoms with Crippen LogP contribution in [0.3, 0.4) is 0 Å². The fourth-order valence-corrected chi connectivity index (χ4v) is 4.23. The summed E-state index contributed by atoms with van der Waals surface area (Å²) in [6.07, 6.45) is 0. The molecule has 0 saturated carbocycles. The van der Waals surface area contributed by atoms with Crippen LogP contribution in [0.15, 0.2) is 36.4 Å². The van der Waals surface area contributed by atoms with Crippen molar-refractivity contribution in [2.45, 2.75) is 6.92 Å². The molecule has 3 aromatic rings. The molecule has 1 N–H and O–H groups in total. The number of carbonyl (C=O) groups excluding carboxylic acids is 2. The lowest BCUT2D eigenvalue weighted by Crippen LogP contribution is -2.12. The van der Waals surface area contributed by atoms with Gasteiger partial charge in [0.05, 0.1) is 27.6 Å². The van der Waals surface area contributed by atoms with Gasteiger partial charge in [-0.2, -0.15) is 0 Å². The van der Waals surface area contributed by atoms with Crippen LogP contribution in [0.25, 0.3) is 9.88 Å². The number of benzene rings is 1. The van der Waals surface area contributed by atoms with Gasteiger partial charge in [0.15, 0.2) is 0 Å². The second kappa shape index (κ2) is 7.35. The van der Waals surface area contributed by atoms with E-state index in [1.54, 1.807) is 37.3 Å². The molecule has 8 heteroatoms. The lowest BCUT2D eigenvalue weighted by atomic mass is 10.2. The number of amides is 1. The Morgan fingerprint density at radius 1 is 1.20 bits per heavy atom. The number of thiophene rings is 1. The maximum absolute atomic E-state index is 12.6. The second-order valence-corrected chi connectivity index (χ2v) is 7.78. The van der Waals surface area contributed by atoms with E-state index in [2.05, 4.69) is 15.0 Å². The number of halogens is 1. The van der Waals surface area contributed by atoms with E-state index in [0.29, 0.717) is 26.2 Å². The van der Waals surface area contributed by atoms with Crippen molar-refractivity contribution >= 4 is 51.8 Å². The van der Waals surface area contributed by atoms with Crippen LogP contribution in [-0.2, 0) is 4.74 Å².